The molecule has 0 bridgehead atoms. The van der Waals surface area contributed by atoms with Crippen molar-refractivity contribution in [2.75, 3.05) is 72.7 Å². The lowest BCUT2D eigenvalue weighted by atomic mass is 9.90. The van der Waals surface area contributed by atoms with Gasteiger partial charge in [-0.1, -0.05) is 0 Å². The zero-order chi connectivity index (χ0) is 111. The fraction of sp³-hybridized carbons (Fsp3) is 0.940. The van der Waals surface area contributed by atoms with Crippen LogP contribution in [-0.2, 0) is 133 Å². The van der Waals surface area contributed by atoms with Crippen molar-refractivity contribution >= 4 is 29.6 Å². The number of rotatable bonds is 40. The predicted molar refractivity (Wildman–Crippen MR) is 457 cm³/mol. The van der Waals surface area contributed by atoms with E-state index in [-0.39, 0.29) is 0 Å². The van der Waals surface area contributed by atoms with Gasteiger partial charge in [-0.2, -0.15) is 0 Å². The van der Waals surface area contributed by atoms with Gasteiger partial charge in [0.05, 0.1) is 84.9 Å². The smallest absolute Gasteiger partial charge is 0.364 e. The topological polar surface area (TPSA) is 1050 Å². The standard InChI is InChI=1S/C83H138N4O63/c1-18-39(102)52(115)57(120)75(131-18)128-16-34-65(48(111)35(71(125)132-34)84-19(2)96)142-72-36(85-20(3)97)49(112)64(30(13-94)137-72)145-79-61(124)67(47(110)32(140-79)15-129-80-69(55(118)43(106)26(9-90)135-80)148-73-37(86-21(4)98)51(114)63(31(14-95)138-73)144-78-60(123)66(46(109)28(11-92)134-78)146-76-58(121)53(116)42(105)25(8-89)133-76)147-81-70(56(119)44(107)27(10-91)136-81)149-74-38(87-22(5)99)50(113)62(29(12-93)139-74)143-77-59(122)54(117)45(108)33(141-77)17-130-83(82(126)127)6-23(100)40(103)68(150-83)41(104)24(101)7-88/h18,23-81,88-95,100-125H,6-17H2,1-5H3,(H,84,96)(H,85,97)(H,86,98)(H,87,99)(H,126,127)/t18-,23-,24+,25+,26+,27+,28+,29+,30+,31+,32+,33+,34+,35+,36+,37+,38+,39+,40+,41+,42-,43+,44+,45-,46-,47+,48+,49+,50+,51+,52+,53-,54-,55-,56-,57-,58+,59+,60+,61-,62+,63+,64+,65+,66-,67-,68+,69-,70-,71+,72-,73-,74-,75+,76-,77-,78-,79-,80-,81+,83+/m0/s1. The van der Waals surface area contributed by atoms with Gasteiger partial charge >= 0.3 is 5.97 Å². The minimum absolute atomic E-state index is 0.838. The van der Waals surface area contributed by atoms with Gasteiger partial charge in [-0.3, -0.25) is 19.2 Å². The summed E-state index contributed by atoms with van der Waals surface area (Å²) in [5.41, 5.74) is 0. The lowest BCUT2D eigenvalue weighted by molar-refractivity contribution is -0.399. The second-order valence-electron chi connectivity index (χ2n) is 38.1. The third-order valence-corrected chi connectivity index (χ3v) is 27.6. The van der Waals surface area contributed by atoms with Crippen LogP contribution in [0.15, 0.2) is 0 Å². The van der Waals surface area contributed by atoms with Crippen LogP contribution in [0.3, 0.4) is 0 Å². The summed E-state index contributed by atoms with van der Waals surface area (Å²) in [6.45, 7) is -8.41. The van der Waals surface area contributed by atoms with Crippen molar-refractivity contribution in [2.24, 2.45) is 0 Å². The van der Waals surface area contributed by atoms with Gasteiger partial charge in [-0.15, -0.1) is 0 Å². The summed E-state index contributed by atoms with van der Waals surface area (Å²) >= 11 is 0. The predicted octanol–water partition coefficient (Wildman–Crippen LogP) is -26.3. The van der Waals surface area contributed by atoms with Crippen molar-refractivity contribution in [1.29, 1.82) is 0 Å². The van der Waals surface area contributed by atoms with E-state index in [4.69, 9.17) is 109 Å². The average Bonchev–Trinajstić information content (AvgIpc) is 0.762. The summed E-state index contributed by atoms with van der Waals surface area (Å²) in [5.74, 6) is -9.29. The maximum atomic E-state index is 13.4. The quantitative estimate of drug-likeness (QED) is 0.0271. The lowest BCUT2D eigenvalue weighted by Gasteiger charge is -2.51. The molecule has 12 heterocycles. The maximum Gasteiger partial charge on any atom is 0.364 e. The van der Waals surface area contributed by atoms with E-state index in [1.165, 1.54) is 6.92 Å². The van der Waals surface area contributed by atoms with Gasteiger partial charge in [0.1, 0.15) is 287 Å². The number of nitrogens with one attached hydrogen (secondary N) is 4. The van der Waals surface area contributed by atoms with E-state index in [0.717, 1.165) is 27.7 Å². The zero-order valence-electron chi connectivity index (χ0n) is 80.2. The van der Waals surface area contributed by atoms with Gasteiger partial charge in [0.2, 0.25) is 23.6 Å². The second kappa shape index (κ2) is 53.4. The third kappa shape index (κ3) is 27.0. The summed E-state index contributed by atoms with van der Waals surface area (Å²) in [6.07, 6.45) is -124. The molecular weight excluding hydrogens is 2060 g/mol. The van der Waals surface area contributed by atoms with Crippen LogP contribution in [0.25, 0.3) is 0 Å². The first-order chi connectivity index (χ1) is 70.8. The molecular formula is C83H138N4O63. The molecule has 4 amide bonds. The van der Waals surface area contributed by atoms with Crippen LogP contribution < -0.4 is 21.3 Å². The molecule has 0 spiro atoms. The number of aliphatic hydroxyl groups excluding tert-OH is 34. The molecule has 12 fully saturated rings. The van der Waals surface area contributed by atoms with Gasteiger partial charge in [0.15, 0.2) is 69.2 Å². The molecule has 868 valence electrons. The number of hydrogen-bond acceptors (Lipinski definition) is 62. The van der Waals surface area contributed by atoms with E-state index >= 15 is 0 Å². The van der Waals surface area contributed by atoms with Crippen LogP contribution in [0.1, 0.15) is 41.0 Å². The first-order valence-electron chi connectivity index (χ1n) is 47.7. The Hall–Kier alpha value is -4.93. The van der Waals surface area contributed by atoms with E-state index < -0.39 is 483 Å². The first-order valence-corrected chi connectivity index (χ1v) is 47.7. The van der Waals surface area contributed by atoms with Gasteiger partial charge in [-0.05, 0) is 6.92 Å². The van der Waals surface area contributed by atoms with Crippen LogP contribution in [-0.4, -0.2) is 655 Å². The molecule has 0 aliphatic carbocycles. The highest BCUT2D eigenvalue weighted by molar-refractivity contribution is 5.76. The fourth-order valence-electron chi connectivity index (χ4n) is 19.3. The molecule has 67 heteroatoms. The van der Waals surface area contributed by atoms with Crippen LogP contribution >= 0.6 is 0 Å². The number of hydrogen-bond donors (Lipinski definition) is 39. The highest BCUT2D eigenvalue weighted by atomic mass is 16.8. The highest BCUT2D eigenvalue weighted by Crippen LogP contribution is 2.44. The van der Waals surface area contributed by atoms with Crippen molar-refractivity contribution in [3.05, 3.63) is 0 Å². The normalized spacial score (nSPS) is 49.3. The minimum Gasteiger partial charge on any atom is -0.477 e. The number of ether oxygens (including phenoxy) is 23. The van der Waals surface area contributed by atoms with E-state index in [9.17, 15) is 203 Å². The third-order valence-electron chi connectivity index (χ3n) is 27.6. The molecule has 0 radical (unpaired) electrons. The summed E-state index contributed by atoms with van der Waals surface area (Å²) in [7, 11) is 0. The van der Waals surface area contributed by atoms with E-state index in [2.05, 4.69) is 21.3 Å². The summed E-state index contributed by atoms with van der Waals surface area (Å²) in [6, 6.07) is -8.17. The minimum atomic E-state index is -3.13. The monoisotopic (exact) mass is 2200 g/mol. The molecule has 0 aromatic rings. The number of amides is 4. The SMILES string of the molecule is CC(=O)N[C@@H]1[C@@H](O)[C@H](O[C@@H]2O[C@H](CO)[C@@H](O[C@@H]3O[C@H](CO[C@H]4O[C@H](CO)[C@@H](O)[C@H](O)[C@@H]4O[C@@H]4O[C@H](CO)[C@@H](O[C@@H]5O[C@H](CO)[C@H](O)[C@H](O[C@@H]6O[C@H](CO)[C@H](O)[C@H](O)[C@H]6O)[C@H]5O)[C@H](O)[C@H]4NC(C)=O)[C@@H](O)[C@H](O[C@H]4O[C@H](CO)[C@@H](O)[C@H](O)[C@@H]4O[C@@H]4O[C@H](CO)[C@@H](O[C@@H]5O[C@H](CO[C@]6(C(=O)O)C[C@H](O)[C@@H](O)[C@H]([C@H](O)[C@H](O)CO)O6)[C@H](O)[C@H](O)[C@H]5O)[C@H](O)[C@H]4NC(C)=O)[C@@H]3O)[C@H](O)[C@H]2NC(C)=O)[C@@H](CO[C@@H]2O[C@@H](C)[C@@H](O)[C@@H](O)[C@@H]2O)O[C@H]1O. The van der Waals surface area contributed by atoms with E-state index in [1.807, 2.05) is 0 Å². The molecule has 12 saturated heterocycles. The van der Waals surface area contributed by atoms with Crippen molar-refractivity contribution in [3.8, 4) is 0 Å². The number of aliphatic hydroxyl groups is 34. The molecule has 0 saturated carbocycles. The lowest BCUT2D eigenvalue weighted by Crippen LogP contribution is -2.71. The van der Waals surface area contributed by atoms with Crippen molar-refractivity contribution < 1.29 is 312 Å². The number of carboxylic acids is 1. The molecule has 12 rings (SSSR count). The van der Waals surface area contributed by atoms with E-state index in [0.29, 0.717) is 0 Å². The van der Waals surface area contributed by atoms with Gasteiger partial charge in [-0.25, -0.2) is 4.79 Å². The van der Waals surface area contributed by atoms with Gasteiger partial charge in [0.25, 0.3) is 5.79 Å². The Balaban J connectivity index is 0.852. The van der Waals surface area contributed by atoms with Crippen molar-refractivity contribution in [1.82, 2.24) is 21.3 Å². The Morgan fingerprint density at radius 3 is 1.01 bits per heavy atom. The first kappa shape index (κ1) is 124. The molecule has 0 aromatic heterocycles. The van der Waals surface area contributed by atoms with Crippen LogP contribution in [0, 0.1) is 0 Å². The average molecular weight is 2200 g/mol. The Morgan fingerprint density at radius 1 is 0.287 bits per heavy atom. The Kier molecular flexibility index (Phi) is 44.0. The van der Waals surface area contributed by atoms with E-state index in [1.54, 1.807) is 0 Å². The largest absolute Gasteiger partial charge is 0.477 e. The number of aliphatic carboxylic acids is 1. The summed E-state index contributed by atoms with van der Waals surface area (Å²) in [5, 5.41) is 401. The zero-order valence-corrected chi connectivity index (χ0v) is 80.2. The van der Waals surface area contributed by atoms with Crippen LogP contribution in [0.2, 0.25) is 0 Å². The number of carbonyl (C=O) groups excluding carboxylic acids is 4. The fourth-order valence-corrected chi connectivity index (χ4v) is 19.3. The second-order valence-corrected chi connectivity index (χ2v) is 38.1. The molecule has 0 unspecified atom stereocenters. The number of carbonyl (C=O) groups is 5. The summed E-state index contributed by atoms with van der Waals surface area (Å²) < 4.78 is 136. The highest BCUT2D eigenvalue weighted by Gasteiger charge is 2.65. The molecule has 150 heavy (non-hydrogen) atoms. The maximum absolute atomic E-state index is 13.4. The van der Waals surface area contributed by atoms with Crippen molar-refractivity contribution in [2.45, 2.75) is 415 Å². The molecule has 12 aliphatic heterocycles. The van der Waals surface area contributed by atoms with Crippen molar-refractivity contribution in [3.63, 3.8) is 0 Å². The Morgan fingerprint density at radius 2 is 0.587 bits per heavy atom. The summed E-state index contributed by atoms with van der Waals surface area (Å²) in [4.78, 5) is 65.4. The molecule has 67 nitrogen and oxygen atoms in total. The van der Waals surface area contributed by atoms with Gasteiger partial charge < -0.3 is 309 Å². The molecule has 61 atom stereocenters. The molecule has 39 N–H and O–H groups in total. The Labute approximate surface area is 847 Å². The van der Waals surface area contributed by atoms with Crippen LogP contribution in [0.5, 0.6) is 0 Å². The van der Waals surface area contributed by atoms with Crippen LogP contribution in [0.4, 0.5) is 0 Å². The molecule has 0 aromatic carbocycles. The molecule has 12 aliphatic rings. The Bertz CT molecular complexity index is 4230. The van der Waals surface area contributed by atoms with Gasteiger partial charge in [0, 0.05) is 34.1 Å². The number of carboxylic acid groups (broad SMARTS) is 1.